The minimum Gasteiger partial charge on any atom is -0.480 e. The summed E-state index contributed by atoms with van der Waals surface area (Å²) in [7, 11) is 0. The SMILES string of the molecule is O=C(NC1(C(=O)O)CCOCC1)c1cnn(Cc2ccccc2Cl)c1. The van der Waals surface area contributed by atoms with Crippen molar-refractivity contribution < 1.29 is 19.4 Å². The van der Waals surface area contributed by atoms with Crippen LogP contribution < -0.4 is 5.32 Å². The molecule has 8 heteroatoms. The molecular formula is C17H18ClN3O4. The van der Waals surface area contributed by atoms with Crippen LogP contribution in [-0.4, -0.2) is 45.5 Å². The van der Waals surface area contributed by atoms with Crippen molar-refractivity contribution in [1.82, 2.24) is 15.1 Å². The number of aliphatic carboxylic acids is 1. The number of hydrogen-bond acceptors (Lipinski definition) is 4. The molecule has 2 aromatic rings. The molecule has 25 heavy (non-hydrogen) atoms. The molecule has 1 saturated heterocycles. The number of benzene rings is 1. The molecule has 0 aliphatic carbocycles. The molecule has 1 aliphatic rings. The van der Waals surface area contributed by atoms with Crippen LogP contribution in [0.5, 0.6) is 0 Å². The molecule has 1 aliphatic heterocycles. The molecule has 1 fully saturated rings. The average Bonchev–Trinajstić information content (AvgIpc) is 3.06. The highest BCUT2D eigenvalue weighted by Gasteiger charge is 2.41. The van der Waals surface area contributed by atoms with Gasteiger partial charge in [-0.05, 0) is 11.6 Å². The Bertz CT molecular complexity index is 784. The van der Waals surface area contributed by atoms with Crippen molar-refractivity contribution >= 4 is 23.5 Å². The Labute approximate surface area is 149 Å². The van der Waals surface area contributed by atoms with E-state index < -0.39 is 17.4 Å². The lowest BCUT2D eigenvalue weighted by Crippen LogP contribution is -2.57. The highest BCUT2D eigenvalue weighted by atomic mass is 35.5. The third-order valence-corrected chi connectivity index (χ3v) is 4.66. The average molecular weight is 364 g/mol. The van der Waals surface area contributed by atoms with Gasteiger partial charge in [0.25, 0.3) is 5.91 Å². The predicted molar refractivity (Wildman–Crippen MR) is 90.7 cm³/mol. The molecule has 7 nitrogen and oxygen atoms in total. The maximum absolute atomic E-state index is 12.5. The van der Waals surface area contributed by atoms with Crippen molar-refractivity contribution in [3.63, 3.8) is 0 Å². The number of hydrogen-bond donors (Lipinski definition) is 2. The summed E-state index contributed by atoms with van der Waals surface area (Å²) in [5.74, 6) is -1.51. The van der Waals surface area contributed by atoms with E-state index in [4.69, 9.17) is 16.3 Å². The molecule has 0 radical (unpaired) electrons. The first-order valence-electron chi connectivity index (χ1n) is 7.90. The second-order valence-electron chi connectivity index (χ2n) is 5.97. The largest absolute Gasteiger partial charge is 0.480 e. The van der Waals surface area contributed by atoms with Crippen LogP contribution in [0.3, 0.4) is 0 Å². The predicted octanol–water partition coefficient (Wildman–Crippen LogP) is 1.95. The number of carbonyl (C=O) groups is 2. The molecule has 0 bridgehead atoms. The molecular weight excluding hydrogens is 346 g/mol. The van der Waals surface area contributed by atoms with Gasteiger partial charge in [0.2, 0.25) is 0 Å². The Morgan fingerprint density at radius 1 is 1.32 bits per heavy atom. The Balaban J connectivity index is 1.72. The molecule has 1 aromatic heterocycles. The van der Waals surface area contributed by atoms with Crippen molar-refractivity contribution in [2.45, 2.75) is 24.9 Å². The first-order chi connectivity index (χ1) is 12.0. The Hall–Kier alpha value is -2.38. The lowest BCUT2D eigenvalue weighted by Gasteiger charge is -2.33. The smallest absolute Gasteiger partial charge is 0.329 e. The Morgan fingerprint density at radius 2 is 2.04 bits per heavy atom. The van der Waals surface area contributed by atoms with Crippen LogP contribution in [0, 0.1) is 0 Å². The van der Waals surface area contributed by atoms with Gasteiger partial charge in [0.1, 0.15) is 5.54 Å². The molecule has 132 valence electrons. The van der Waals surface area contributed by atoms with E-state index in [1.807, 2.05) is 18.2 Å². The van der Waals surface area contributed by atoms with Crippen LogP contribution in [-0.2, 0) is 16.1 Å². The summed E-state index contributed by atoms with van der Waals surface area (Å²) in [6.07, 6.45) is 3.47. The van der Waals surface area contributed by atoms with Crippen molar-refractivity contribution in [3.05, 3.63) is 52.8 Å². The fraction of sp³-hybridized carbons (Fsp3) is 0.353. The fourth-order valence-corrected chi connectivity index (χ4v) is 2.97. The van der Waals surface area contributed by atoms with Crippen LogP contribution in [0.2, 0.25) is 5.02 Å². The maximum atomic E-state index is 12.5. The summed E-state index contributed by atoms with van der Waals surface area (Å²) < 4.78 is 6.79. The lowest BCUT2D eigenvalue weighted by molar-refractivity contribution is -0.148. The van der Waals surface area contributed by atoms with Crippen molar-refractivity contribution in [2.24, 2.45) is 0 Å². The molecule has 2 N–H and O–H groups in total. The van der Waals surface area contributed by atoms with E-state index in [-0.39, 0.29) is 12.8 Å². The number of carboxylic acid groups (broad SMARTS) is 1. The van der Waals surface area contributed by atoms with E-state index in [0.29, 0.717) is 30.3 Å². The van der Waals surface area contributed by atoms with E-state index in [1.165, 1.54) is 6.20 Å². The van der Waals surface area contributed by atoms with Crippen LogP contribution in [0.15, 0.2) is 36.7 Å². The van der Waals surface area contributed by atoms with Crippen LogP contribution >= 0.6 is 11.6 Å². The van der Waals surface area contributed by atoms with Gasteiger partial charge in [-0.1, -0.05) is 29.8 Å². The van der Waals surface area contributed by atoms with E-state index in [0.717, 1.165) is 5.56 Å². The zero-order valence-corrected chi connectivity index (χ0v) is 14.2. The second kappa shape index (κ2) is 7.25. The zero-order chi connectivity index (χ0) is 17.9. The number of halogens is 1. The number of ether oxygens (including phenoxy) is 1. The first kappa shape index (κ1) is 17.4. The molecule has 1 amide bonds. The molecule has 1 aromatic carbocycles. The Morgan fingerprint density at radius 3 is 2.72 bits per heavy atom. The van der Waals surface area contributed by atoms with Gasteiger partial charge in [-0.2, -0.15) is 5.10 Å². The molecule has 0 unspecified atom stereocenters. The summed E-state index contributed by atoms with van der Waals surface area (Å²) in [6, 6.07) is 7.38. The summed E-state index contributed by atoms with van der Waals surface area (Å²) in [6.45, 7) is 1.03. The molecule has 0 atom stereocenters. The fourth-order valence-electron chi connectivity index (χ4n) is 2.77. The van der Waals surface area contributed by atoms with Gasteiger partial charge in [0.05, 0.1) is 18.3 Å². The normalized spacial score (nSPS) is 16.4. The Kier molecular flexibility index (Phi) is 5.06. The molecule has 3 rings (SSSR count). The van der Waals surface area contributed by atoms with Gasteiger partial charge >= 0.3 is 5.97 Å². The topological polar surface area (TPSA) is 93.5 Å². The number of amides is 1. The van der Waals surface area contributed by atoms with Crippen LogP contribution in [0.25, 0.3) is 0 Å². The number of aromatic nitrogens is 2. The second-order valence-corrected chi connectivity index (χ2v) is 6.38. The standard InChI is InChI=1S/C17H18ClN3O4/c18-14-4-2-1-3-12(14)10-21-11-13(9-19-21)15(22)20-17(16(23)24)5-7-25-8-6-17/h1-4,9,11H,5-8,10H2,(H,20,22)(H,23,24). The molecule has 0 spiro atoms. The summed E-state index contributed by atoms with van der Waals surface area (Å²) in [5.41, 5.74) is -0.106. The highest BCUT2D eigenvalue weighted by molar-refractivity contribution is 6.31. The monoisotopic (exact) mass is 363 g/mol. The highest BCUT2D eigenvalue weighted by Crippen LogP contribution is 2.22. The molecule has 0 saturated carbocycles. The van der Waals surface area contributed by atoms with Gasteiger partial charge in [-0.25, -0.2) is 4.79 Å². The lowest BCUT2D eigenvalue weighted by atomic mass is 9.90. The number of nitrogens with zero attached hydrogens (tertiary/aromatic N) is 2. The van der Waals surface area contributed by atoms with Gasteiger partial charge in [-0.15, -0.1) is 0 Å². The van der Waals surface area contributed by atoms with Crippen molar-refractivity contribution in [3.8, 4) is 0 Å². The number of rotatable bonds is 5. The minimum atomic E-state index is -1.29. The number of carboxylic acids is 1. The minimum absolute atomic E-state index is 0.238. The van der Waals surface area contributed by atoms with Crippen molar-refractivity contribution in [2.75, 3.05) is 13.2 Å². The van der Waals surface area contributed by atoms with E-state index in [1.54, 1.807) is 16.9 Å². The van der Waals surface area contributed by atoms with E-state index in [9.17, 15) is 14.7 Å². The summed E-state index contributed by atoms with van der Waals surface area (Å²) >= 11 is 6.13. The van der Waals surface area contributed by atoms with Gasteiger partial charge < -0.3 is 15.2 Å². The van der Waals surface area contributed by atoms with Crippen molar-refractivity contribution in [1.29, 1.82) is 0 Å². The third-order valence-electron chi connectivity index (χ3n) is 4.29. The first-order valence-corrected chi connectivity index (χ1v) is 8.27. The van der Waals surface area contributed by atoms with Crippen LogP contribution in [0.1, 0.15) is 28.8 Å². The number of nitrogens with one attached hydrogen (secondary N) is 1. The maximum Gasteiger partial charge on any atom is 0.329 e. The van der Waals surface area contributed by atoms with E-state index in [2.05, 4.69) is 10.4 Å². The summed E-state index contributed by atoms with van der Waals surface area (Å²) in [5, 5.41) is 16.9. The summed E-state index contributed by atoms with van der Waals surface area (Å²) in [4.78, 5) is 24.1. The van der Waals surface area contributed by atoms with E-state index >= 15 is 0 Å². The van der Waals surface area contributed by atoms with Gasteiger partial charge in [0.15, 0.2) is 0 Å². The zero-order valence-electron chi connectivity index (χ0n) is 13.4. The molecule has 2 heterocycles. The van der Waals surface area contributed by atoms with Gasteiger partial charge in [-0.3, -0.25) is 9.48 Å². The number of carbonyl (C=O) groups excluding carboxylic acids is 1. The van der Waals surface area contributed by atoms with Crippen LogP contribution in [0.4, 0.5) is 0 Å². The third kappa shape index (κ3) is 3.83. The quantitative estimate of drug-likeness (QED) is 0.846. The van der Waals surface area contributed by atoms with Gasteiger partial charge in [0, 0.05) is 37.3 Å².